The first kappa shape index (κ1) is 27.2. The summed E-state index contributed by atoms with van der Waals surface area (Å²) in [4.78, 5) is 0. The van der Waals surface area contributed by atoms with E-state index in [1.54, 1.807) is 0 Å². The lowest BCUT2D eigenvalue weighted by atomic mass is 9.79. The molecule has 3 aromatic rings. The molecule has 2 fully saturated rings. The highest BCUT2D eigenvalue weighted by Crippen LogP contribution is 2.37. The van der Waals surface area contributed by atoms with Crippen molar-refractivity contribution in [2.45, 2.75) is 71.1 Å². The van der Waals surface area contributed by atoms with E-state index in [9.17, 15) is 0 Å². The van der Waals surface area contributed by atoms with Gasteiger partial charge in [-0.2, -0.15) is 0 Å². The van der Waals surface area contributed by atoms with Crippen LogP contribution in [0.2, 0.25) is 0 Å². The molecular weight excluding hydrogens is 506 g/mol. The second-order valence-electron chi connectivity index (χ2n) is 12.3. The van der Waals surface area contributed by atoms with Crippen molar-refractivity contribution < 1.29 is 32.8 Å². The molecule has 0 spiro atoms. The minimum Gasteiger partial charge on any atom is -0.493 e. The van der Waals surface area contributed by atoms with Gasteiger partial charge in [-0.15, -0.1) is 0 Å². The molecule has 0 N–H and O–H groups in total. The average Bonchev–Trinajstić information content (AvgIpc) is 3.59. The molecule has 3 aliphatic rings. The summed E-state index contributed by atoms with van der Waals surface area (Å²) in [6.45, 7) is 13.5. The third-order valence-corrected chi connectivity index (χ3v) is 8.04. The van der Waals surface area contributed by atoms with Crippen LogP contribution >= 0.6 is 0 Å². The van der Waals surface area contributed by atoms with Gasteiger partial charge in [0.05, 0.1) is 30.0 Å². The lowest BCUT2D eigenvalue weighted by molar-refractivity contribution is 0.00379. The highest BCUT2D eigenvalue weighted by Gasteiger charge is 2.51. The van der Waals surface area contributed by atoms with Gasteiger partial charge in [-0.3, -0.25) is 0 Å². The van der Waals surface area contributed by atoms with Gasteiger partial charge in [0.25, 0.3) is 6.29 Å². The number of benzene rings is 3. The number of hydrogen-bond acceptors (Lipinski definition) is 7. The van der Waals surface area contributed by atoms with Crippen LogP contribution in [0.15, 0.2) is 66.7 Å². The van der Waals surface area contributed by atoms with Crippen LogP contribution in [0, 0.1) is 0 Å². The maximum atomic E-state index is 6.43. The highest BCUT2D eigenvalue weighted by atomic mass is 16.7. The lowest BCUT2D eigenvalue weighted by Crippen LogP contribution is -2.41. The summed E-state index contributed by atoms with van der Waals surface area (Å²) >= 11 is 0. The van der Waals surface area contributed by atoms with Crippen molar-refractivity contribution in [1.29, 1.82) is 0 Å². The predicted octanol–water partition coefficient (Wildman–Crippen LogP) is 4.60. The SMILES string of the molecule is CC1(C)COB(c2ccc(OC(Oc3ccc(B4OC(C)(C)C(C)(C)O4)cc3)c3ccc4c(c3)CCO4)cc2)O1. The summed E-state index contributed by atoms with van der Waals surface area (Å²) in [5.74, 6) is 2.27. The van der Waals surface area contributed by atoms with Crippen LogP contribution in [0.25, 0.3) is 0 Å². The quantitative estimate of drug-likeness (QED) is 0.320. The van der Waals surface area contributed by atoms with E-state index in [-0.39, 0.29) is 12.7 Å². The van der Waals surface area contributed by atoms with Crippen molar-refractivity contribution >= 4 is 25.2 Å². The number of ether oxygens (including phenoxy) is 3. The Hall–Kier alpha value is -2.97. The Morgan fingerprint density at radius 1 is 0.700 bits per heavy atom. The van der Waals surface area contributed by atoms with Crippen LogP contribution < -0.4 is 25.1 Å². The van der Waals surface area contributed by atoms with Crippen molar-refractivity contribution in [3.05, 3.63) is 77.9 Å². The van der Waals surface area contributed by atoms with Gasteiger partial charge in [-0.25, -0.2) is 0 Å². The molecule has 2 saturated heterocycles. The zero-order valence-corrected chi connectivity index (χ0v) is 24.1. The number of rotatable bonds is 7. The molecule has 3 aliphatic heterocycles. The van der Waals surface area contributed by atoms with Crippen LogP contribution in [0.5, 0.6) is 17.2 Å². The first-order valence-corrected chi connectivity index (χ1v) is 13.9. The molecule has 0 aromatic heterocycles. The van der Waals surface area contributed by atoms with E-state index in [1.165, 1.54) is 0 Å². The van der Waals surface area contributed by atoms with Gasteiger partial charge in [-0.1, -0.05) is 24.3 Å². The van der Waals surface area contributed by atoms with Crippen molar-refractivity contribution in [1.82, 2.24) is 0 Å². The normalized spacial score (nSPS) is 21.1. The second-order valence-corrected chi connectivity index (χ2v) is 12.3. The van der Waals surface area contributed by atoms with E-state index >= 15 is 0 Å². The fourth-order valence-electron chi connectivity index (χ4n) is 4.95. The van der Waals surface area contributed by atoms with E-state index in [4.69, 9.17) is 32.8 Å². The Morgan fingerprint density at radius 3 is 1.82 bits per heavy atom. The zero-order chi connectivity index (χ0) is 28.1. The van der Waals surface area contributed by atoms with Crippen LogP contribution in [0.1, 0.15) is 59.0 Å². The molecular formula is C31H36B2O7. The van der Waals surface area contributed by atoms with Gasteiger partial charge >= 0.3 is 14.2 Å². The Bertz CT molecular complexity index is 1340. The molecule has 0 aliphatic carbocycles. The fourth-order valence-corrected chi connectivity index (χ4v) is 4.95. The molecule has 0 radical (unpaired) electrons. The average molecular weight is 542 g/mol. The van der Waals surface area contributed by atoms with E-state index in [0.29, 0.717) is 24.7 Å². The summed E-state index contributed by atoms with van der Waals surface area (Å²) in [5.41, 5.74) is 2.85. The van der Waals surface area contributed by atoms with E-state index in [0.717, 1.165) is 34.2 Å². The van der Waals surface area contributed by atoms with Crippen LogP contribution in [-0.4, -0.2) is 44.3 Å². The molecule has 0 amide bonds. The Balaban J connectivity index is 1.21. The first-order valence-electron chi connectivity index (χ1n) is 13.9. The Kier molecular flexibility index (Phi) is 6.90. The summed E-state index contributed by atoms with van der Waals surface area (Å²) in [6, 6.07) is 21.6. The van der Waals surface area contributed by atoms with Crippen molar-refractivity contribution in [2.75, 3.05) is 13.2 Å². The fraction of sp³-hybridized carbons (Fsp3) is 0.419. The maximum absolute atomic E-state index is 6.43. The summed E-state index contributed by atoms with van der Waals surface area (Å²) in [5, 5.41) is 0. The highest BCUT2D eigenvalue weighted by molar-refractivity contribution is 6.62. The third kappa shape index (κ3) is 5.48. The van der Waals surface area contributed by atoms with Gasteiger partial charge in [0.1, 0.15) is 17.2 Å². The molecule has 3 aromatic carbocycles. The molecule has 0 saturated carbocycles. The van der Waals surface area contributed by atoms with Crippen molar-refractivity contribution in [2.24, 2.45) is 0 Å². The van der Waals surface area contributed by atoms with Gasteiger partial charge in [0.15, 0.2) is 0 Å². The molecule has 7 nitrogen and oxygen atoms in total. The largest absolute Gasteiger partial charge is 0.494 e. The zero-order valence-electron chi connectivity index (χ0n) is 24.1. The predicted molar refractivity (Wildman–Crippen MR) is 155 cm³/mol. The smallest absolute Gasteiger partial charge is 0.493 e. The van der Waals surface area contributed by atoms with Gasteiger partial charge in [-0.05, 0) is 100 Å². The molecule has 40 heavy (non-hydrogen) atoms. The second kappa shape index (κ2) is 10.1. The summed E-state index contributed by atoms with van der Waals surface area (Å²) in [6.07, 6.45) is 0.197. The minimum atomic E-state index is -0.669. The molecule has 1 atom stereocenters. The van der Waals surface area contributed by atoms with Gasteiger partial charge in [0.2, 0.25) is 0 Å². The Labute approximate surface area is 237 Å². The maximum Gasteiger partial charge on any atom is 0.494 e. The van der Waals surface area contributed by atoms with Crippen LogP contribution in [-0.2, 0) is 25.0 Å². The molecule has 9 heteroatoms. The van der Waals surface area contributed by atoms with E-state index in [2.05, 4.69) is 33.8 Å². The van der Waals surface area contributed by atoms with Gasteiger partial charge < -0.3 is 32.8 Å². The van der Waals surface area contributed by atoms with Gasteiger partial charge in [0, 0.05) is 12.0 Å². The van der Waals surface area contributed by atoms with E-state index < -0.39 is 24.6 Å². The minimum absolute atomic E-state index is 0.298. The molecule has 208 valence electrons. The van der Waals surface area contributed by atoms with Crippen LogP contribution in [0.3, 0.4) is 0 Å². The third-order valence-electron chi connectivity index (χ3n) is 8.04. The molecule has 0 bridgehead atoms. The lowest BCUT2D eigenvalue weighted by Gasteiger charge is -2.32. The van der Waals surface area contributed by atoms with Crippen LogP contribution in [0.4, 0.5) is 0 Å². The first-order chi connectivity index (χ1) is 19.0. The molecule has 3 heterocycles. The topological polar surface area (TPSA) is 64.6 Å². The number of hydrogen-bond donors (Lipinski definition) is 0. The van der Waals surface area contributed by atoms with Crippen molar-refractivity contribution in [3.8, 4) is 17.2 Å². The Morgan fingerprint density at radius 2 is 1.27 bits per heavy atom. The van der Waals surface area contributed by atoms with Crippen molar-refractivity contribution in [3.63, 3.8) is 0 Å². The summed E-state index contributed by atoms with van der Waals surface area (Å²) in [7, 11) is -0.810. The monoisotopic (exact) mass is 542 g/mol. The molecule has 6 rings (SSSR count). The van der Waals surface area contributed by atoms with E-state index in [1.807, 2.05) is 74.5 Å². The number of fused-ring (bicyclic) bond motifs is 1. The summed E-state index contributed by atoms with van der Waals surface area (Å²) < 4.78 is 42.8. The standard InChI is InChI=1S/C31H36B2O7/c1-29(2)20-35-32(38-29)23-8-12-25(13-9-23)36-28(22-7-16-27-21(19-22)17-18-34-27)37-26-14-10-24(11-15-26)33-39-30(3,4)31(5,6)40-33/h7-16,19,28H,17-18,20H2,1-6H3. The molecule has 1 unspecified atom stereocenters.